The lowest BCUT2D eigenvalue weighted by Crippen LogP contribution is -2.51. The summed E-state index contributed by atoms with van der Waals surface area (Å²) in [7, 11) is 1.74. The molecule has 2 rings (SSSR count). The summed E-state index contributed by atoms with van der Waals surface area (Å²) >= 11 is 0. The van der Waals surface area contributed by atoms with Crippen LogP contribution in [0.5, 0.6) is 0 Å². The molecule has 1 aromatic heterocycles. The molecule has 0 aliphatic carbocycles. The number of rotatable bonds is 5. The molecule has 1 aliphatic rings. The van der Waals surface area contributed by atoms with Crippen LogP contribution < -0.4 is 10.6 Å². The number of aromatic nitrogens is 1. The lowest BCUT2D eigenvalue weighted by Gasteiger charge is -2.35. The highest BCUT2D eigenvalue weighted by molar-refractivity contribution is 5.79. The van der Waals surface area contributed by atoms with Gasteiger partial charge in [-0.05, 0) is 20.8 Å². The van der Waals surface area contributed by atoms with E-state index in [0.717, 1.165) is 31.9 Å². The van der Waals surface area contributed by atoms with Crippen LogP contribution in [0.25, 0.3) is 0 Å². The molecule has 1 aliphatic heterocycles. The molecule has 170 valence electrons. The van der Waals surface area contributed by atoms with Crippen LogP contribution in [0.15, 0.2) is 15.6 Å². The Morgan fingerprint density at radius 1 is 1.17 bits per heavy atom. The highest BCUT2D eigenvalue weighted by atomic mass is 16.6. The van der Waals surface area contributed by atoms with Crippen molar-refractivity contribution in [2.24, 2.45) is 4.99 Å². The molecule has 1 saturated heterocycles. The second kappa shape index (κ2) is 10.1. The average molecular weight is 423 g/mol. The van der Waals surface area contributed by atoms with Crippen molar-refractivity contribution >= 4 is 12.1 Å². The number of amides is 1. The predicted molar refractivity (Wildman–Crippen MR) is 118 cm³/mol. The van der Waals surface area contributed by atoms with Crippen molar-refractivity contribution < 1.29 is 13.9 Å². The number of hydrogen-bond donors (Lipinski definition) is 2. The summed E-state index contributed by atoms with van der Waals surface area (Å²) < 4.78 is 11.2. The molecule has 0 atom stereocenters. The number of aliphatic imine (C=N–C) groups is 1. The molecule has 0 bridgehead atoms. The molecule has 0 spiro atoms. The van der Waals surface area contributed by atoms with Crippen molar-refractivity contribution in [2.45, 2.75) is 59.1 Å². The van der Waals surface area contributed by atoms with Crippen molar-refractivity contribution in [3.63, 3.8) is 0 Å². The molecule has 2 N–H and O–H groups in total. The quantitative estimate of drug-likeness (QED) is 0.555. The van der Waals surface area contributed by atoms with Crippen LogP contribution in [0.4, 0.5) is 4.79 Å². The first kappa shape index (κ1) is 24.0. The first-order valence-corrected chi connectivity index (χ1v) is 10.6. The Morgan fingerprint density at radius 2 is 1.83 bits per heavy atom. The van der Waals surface area contributed by atoms with E-state index in [1.807, 2.05) is 20.8 Å². The van der Waals surface area contributed by atoms with E-state index in [0.29, 0.717) is 31.5 Å². The minimum atomic E-state index is -0.458. The summed E-state index contributed by atoms with van der Waals surface area (Å²) in [5.74, 6) is 2.21. The van der Waals surface area contributed by atoms with Crippen molar-refractivity contribution in [3.8, 4) is 0 Å². The summed E-state index contributed by atoms with van der Waals surface area (Å²) in [6, 6.07) is 0. The molecule has 1 amide bonds. The number of oxazole rings is 1. The van der Waals surface area contributed by atoms with Gasteiger partial charge in [-0.3, -0.25) is 9.89 Å². The van der Waals surface area contributed by atoms with Gasteiger partial charge in [0, 0.05) is 51.7 Å². The normalized spacial score (nSPS) is 16.5. The summed E-state index contributed by atoms with van der Waals surface area (Å²) in [5, 5.41) is 6.54. The van der Waals surface area contributed by atoms with Gasteiger partial charge in [-0.1, -0.05) is 20.8 Å². The highest BCUT2D eigenvalue weighted by Crippen LogP contribution is 2.22. The minimum Gasteiger partial charge on any atom is -0.444 e. The lowest BCUT2D eigenvalue weighted by atomic mass is 9.94. The van der Waals surface area contributed by atoms with Crippen LogP contribution in [0.1, 0.15) is 53.2 Å². The van der Waals surface area contributed by atoms with Crippen LogP contribution in [0, 0.1) is 0 Å². The lowest BCUT2D eigenvalue weighted by molar-refractivity contribution is 0.0147. The van der Waals surface area contributed by atoms with E-state index in [1.165, 1.54) is 0 Å². The topological polar surface area (TPSA) is 95.2 Å². The number of nitrogens with one attached hydrogen (secondary N) is 2. The van der Waals surface area contributed by atoms with E-state index < -0.39 is 5.60 Å². The molecule has 30 heavy (non-hydrogen) atoms. The number of carbonyl (C=O) groups excluding carboxylic acids is 1. The Kier molecular flexibility index (Phi) is 8.11. The van der Waals surface area contributed by atoms with Gasteiger partial charge in [-0.2, -0.15) is 0 Å². The number of nitrogens with zero attached hydrogens (tertiary/aromatic N) is 4. The van der Waals surface area contributed by atoms with Crippen molar-refractivity contribution in [1.82, 2.24) is 25.4 Å². The minimum absolute atomic E-state index is 0.0569. The summed E-state index contributed by atoms with van der Waals surface area (Å²) in [5.41, 5.74) is -0.515. The fraction of sp³-hybridized carbons (Fsp3) is 0.762. The van der Waals surface area contributed by atoms with Gasteiger partial charge in [-0.15, -0.1) is 0 Å². The molecule has 0 unspecified atom stereocenters. The third-order valence-electron chi connectivity index (χ3n) is 4.67. The molecule has 9 nitrogen and oxygen atoms in total. The number of carbonyl (C=O) groups is 1. The molecule has 0 radical (unpaired) electrons. The van der Waals surface area contributed by atoms with Crippen LogP contribution >= 0.6 is 0 Å². The van der Waals surface area contributed by atoms with Gasteiger partial charge in [0.05, 0.1) is 12.7 Å². The van der Waals surface area contributed by atoms with E-state index in [4.69, 9.17) is 9.15 Å². The van der Waals surface area contributed by atoms with E-state index in [1.54, 1.807) is 18.1 Å². The van der Waals surface area contributed by atoms with E-state index in [2.05, 4.69) is 46.3 Å². The van der Waals surface area contributed by atoms with Crippen LogP contribution in [-0.2, 0) is 16.7 Å². The fourth-order valence-corrected chi connectivity index (χ4v) is 2.93. The molecule has 0 saturated carbocycles. The van der Waals surface area contributed by atoms with E-state index in [-0.39, 0.29) is 11.5 Å². The fourth-order valence-electron chi connectivity index (χ4n) is 2.93. The van der Waals surface area contributed by atoms with Gasteiger partial charge in [0.2, 0.25) is 5.89 Å². The molecular weight excluding hydrogens is 384 g/mol. The molecule has 9 heteroatoms. The van der Waals surface area contributed by atoms with Gasteiger partial charge in [0.25, 0.3) is 0 Å². The van der Waals surface area contributed by atoms with Gasteiger partial charge in [-0.25, -0.2) is 9.78 Å². The Labute approximate surface area is 180 Å². The third kappa shape index (κ3) is 7.85. The zero-order valence-corrected chi connectivity index (χ0v) is 19.5. The SMILES string of the molecule is CN=C(NCCN1CCN(C(=O)OC(C)(C)C)CC1)NCc1ncc(C(C)(C)C)o1. The van der Waals surface area contributed by atoms with Gasteiger partial charge in [0.15, 0.2) is 5.96 Å². The monoisotopic (exact) mass is 422 g/mol. The number of guanidine groups is 1. The van der Waals surface area contributed by atoms with E-state index >= 15 is 0 Å². The molecule has 0 aromatic carbocycles. The van der Waals surface area contributed by atoms with Gasteiger partial charge >= 0.3 is 6.09 Å². The van der Waals surface area contributed by atoms with Crippen molar-refractivity contribution in [2.75, 3.05) is 46.3 Å². The molecule has 1 fully saturated rings. The summed E-state index contributed by atoms with van der Waals surface area (Å²) in [4.78, 5) is 24.8. The van der Waals surface area contributed by atoms with Crippen LogP contribution in [0.3, 0.4) is 0 Å². The third-order valence-corrected chi connectivity index (χ3v) is 4.67. The number of piperazine rings is 1. The first-order chi connectivity index (χ1) is 14.0. The summed E-state index contributed by atoms with van der Waals surface area (Å²) in [6.07, 6.45) is 1.55. The molecule has 1 aromatic rings. The standard InChI is InChI=1S/C21H38N6O3/c1-20(2,3)16-14-24-17(29-16)15-25-18(22-7)23-8-9-26-10-12-27(13-11-26)19(28)30-21(4,5)6/h14H,8-13,15H2,1-7H3,(H2,22,23,25). The van der Waals surface area contributed by atoms with Crippen molar-refractivity contribution in [1.29, 1.82) is 0 Å². The Morgan fingerprint density at radius 3 is 2.37 bits per heavy atom. The molecule has 2 heterocycles. The van der Waals surface area contributed by atoms with Crippen LogP contribution in [-0.4, -0.2) is 78.8 Å². The largest absolute Gasteiger partial charge is 0.444 e. The number of ether oxygens (including phenoxy) is 1. The van der Waals surface area contributed by atoms with Gasteiger partial charge < -0.3 is 24.7 Å². The second-order valence-electron chi connectivity index (χ2n) is 9.53. The van der Waals surface area contributed by atoms with Gasteiger partial charge in [0.1, 0.15) is 11.4 Å². The average Bonchev–Trinajstić information content (AvgIpc) is 3.13. The maximum absolute atomic E-state index is 12.1. The predicted octanol–water partition coefficient (Wildman–Crippen LogP) is 2.19. The maximum Gasteiger partial charge on any atom is 0.410 e. The number of hydrogen-bond acceptors (Lipinski definition) is 6. The zero-order valence-electron chi connectivity index (χ0n) is 19.5. The van der Waals surface area contributed by atoms with Crippen LogP contribution in [0.2, 0.25) is 0 Å². The second-order valence-corrected chi connectivity index (χ2v) is 9.53. The highest BCUT2D eigenvalue weighted by Gasteiger charge is 2.25. The van der Waals surface area contributed by atoms with E-state index in [9.17, 15) is 4.79 Å². The Hall–Kier alpha value is -2.29. The molecular formula is C21H38N6O3. The Balaban J connectivity index is 1.67. The smallest absolute Gasteiger partial charge is 0.410 e. The van der Waals surface area contributed by atoms with Crippen molar-refractivity contribution in [3.05, 3.63) is 17.8 Å². The maximum atomic E-state index is 12.1. The zero-order chi connectivity index (χ0) is 22.4. The first-order valence-electron chi connectivity index (χ1n) is 10.6. The Bertz CT molecular complexity index is 709. The summed E-state index contributed by atoms with van der Waals surface area (Å²) in [6.45, 7) is 17.1.